The van der Waals surface area contributed by atoms with Crippen molar-refractivity contribution in [2.75, 3.05) is 0 Å². The van der Waals surface area contributed by atoms with E-state index in [9.17, 15) is 44.8 Å². The van der Waals surface area contributed by atoms with E-state index in [0.29, 0.717) is 12.3 Å². The second kappa shape index (κ2) is 8.42. The molecule has 2 rings (SSSR count). The topological polar surface area (TPSA) is 198 Å². The van der Waals surface area contributed by atoms with Gasteiger partial charge in [0, 0.05) is 0 Å². The Morgan fingerprint density at radius 2 is 1.19 bits per heavy atom. The molecular weight excluding hydrogens is 431 g/mol. The Labute approximate surface area is 149 Å². The predicted octanol–water partition coefficient (Wildman–Crippen LogP) is 2.70. The van der Waals surface area contributed by atoms with Crippen molar-refractivity contribution in [1.29, 1.82) is 0 Å². The maximum Gasteiger partial charge on any atom is 0.330 e. The molecule has 0 aromatic carbocycles. The minimum Gasteiger partial charge on any atom is -0.258 e. The Bertz CT molecular complexity index is 836. The van der Waals surface area contributed by atoms with E-state index in [-0.39, 0.29) is 4.60 Å². The van der Waals surface area contributed by atoms with Crippen LogP contribution in [0.15, 0.2) is 29.1 Å². The molecule has 0 N–H and O–H groups in total. The summed E-state index contributed by atoms with van der Waals surface area (Å²) in [5.74, 6) is -1.34. The van der Waals surface area contributed by atoms with Crippen molar-refractivity contribution >= 4 is 38.7 Å². The molecule has 0 bridgehead atoms. The lowest BCUT2D eigenvalue weighted by molar-refractivity contribution is -0.396. The molecule has 14 nitrogen and oxygen atoms in total. The minimum absolute atomic E-state index is 0.0249. The van der Waals surface area contributed by atoms with Crippen LogP contribution in [0.5, 0.6) is 0 Å². The average molecular weight is 435 g/mol. The molecule has 136 valence electrons. The Kier molecular flexibility index (Phi) is 6.59. The highest BCUT2D eigenvalue weighted by molar-refractivity contribution is 9.10. The van der Waals surface area contributed by atoms with E-state index < -0.39 is 48.4 Å². The van der Waals surface area contributed by atoms with E-state index in [0.717, 1.165) is 12.3 Å². The van der Waals surface area contributed by atoms with Gasteiger partial charge in [-0.3, -0.25) is 40.5 Å². The summed E-state index contributed by atoms with van der Waals surface area (Å²) in [6.07, 6.45) is 1.55. The van der Waals surface area contributed by atoms with Crippen molar-refractivity contribution in [1.82, 2.24) is 9.97 Å². The quantitative estimate of drug-likeness (QED) is 0.391. The lowest BCUT2D eigenvalue weighted by atomic mass is 10.4. The summed E-state index contributed by atoms with van der Waals surface area (Å²) in [6, 6.07) is 1.36. The van der Waals surface area contributed by atoms with E-state index in [1.807, 2.05) is 0 Å². The monoisotopic (exact) mass is 434 g/mol. The SMILES string of the molecule is O=[N+]([O-])c1cnc(Br)c([N+](=O)[O-])c1.O=[N+]([O-])c1cnc(F)c([N+](=O)[O-])c1. The molecule has 0 fully saturated rings. The van der Waals surface area contributed by atoms with Crippen molar-refractivity contribution in [2.24, 2.45) is 0 Å². The number of pyridine rings is 2. The third-order valence-electron chi connectivity index (χ3n) is 2.43. The molecule has 0 aliphatic rings. The molecule has 2 aromatic heterocycles. The van der Waals surface area contributed by atoms with Gasteiger partial charge in [0.2, 0.25) is 0 Å². The Morgan fingerprint density at radius 3 is 1.62 bits per heavy atom. The van der Waals surface area contributed by atoms with Crippen LogP contribution in [0, 0.1) is 46.4 Å². The number of nitro groups is 4. The van der Waals surface area contributed by atoms with E-state index in [2.05, 4.69) is 25.9 Å². The maximum absolute atomic E-state index is 12.5. The van der Waals surface area contributed by atoms with Crippen LogP contribution in [0.2, 0.25) is 0 Å². The summed E-state index contributed by atoms with van der Waals surface area (Å²) in [4.78, 5) is 43.6. The number of rotatable bonds is 4. The van der Waals surface area contributed by atoms with Gasteiger partial charge in [-0.05, 0) is 15.9 Å². The molecule has 26 heavy (non-hydrogen) atoms. The van der Waals surface area contributed by atoms with Crippen LogP contribution in [0.1, 0.15) is 0 Å². The zero-order chi connectivity index (χ0) is 20.0. The molecule has 2 heterocycles. The van der Waals surface area contributed by atoms with Crippen molar-refractivity contribution in [3.8, 4) is 0 Å². The zero-order valence-corrected chi connectivity index (χ0v) is 13.6. The maximum atomic E-state index is 12.5. The Hall–Kier alpha value is -3.69. The van der Waals surface area contributed by atoms with E-state index in [1.54, 1.807) is 0 Å². The standard InChI is InChI=1S/C5H2BrN3O4.C5H2FN3O4/c2*6-5-4(9(12)13)1-3(2-7-5)8(10)11/h2*1-2H. The second-order valence-electron chi connectivity index (χ2n) is 4.04. The molecule has 0 atom stereocenters. The number of hydrogen-bond acceptors (Lipinski definition) is 10. The number of aromatic nitrogens is 2. The van der Waals surface area contributed by atoms with Crippen molar-refractivity contribution in [3.63, 3.8) is 0 Å². The normalized spacial score (nSPS) is 9.62. The summed E-state index contributed by atoms with van der Waals surface area (Å²) in [7, 11) is 0. The first-order chi connectivity index (χ1) is 12.0. The van der Waals surface area contributed by atoms with Crippen LogP contribution in [-0.2, 0) is 0 Å². The molecular formula is C10H4BrFN6O8. The van der Waals surface area contributed by atoms with Gasteiger partial charge in [0.25, 0.3) is 17.3 Å². The van der Waals surface area contributed by atoms with Crippen LogP contribution in [0.4, 0.5) is 27.1 Å². The van der Waals surface area contributed by atoms with Gasteiger partial charge in [-0.15, -0.1) is 0 Å². The summed E-state index contributed by atoms with van der Waals surface area (Å²) in [5.41, 5.74) is -2.45. The zero-order valence-electron chi connectivity index (χ0n) is 12.0. The van der Waals surface area contributed by atoms with Crippen molar-refractivity contribution in [2.45, 2.75) is 0 Å². The summed E-state index contributed by atoms with van der Waals surface area (Å²) < 4.78 is 12.5. The molecule has 0 aliphatic heterocycles. The molecule has 0 radical (unpaired) electrons. The fraction of sp³-hybridized carbons (Fsp3) is 0. The largest absolute Gasteiger partial charge is 0.330 e. The first-order valence-electron chi connectivity index (χ1n) is 5.93. The summed E-state index contributed by atoms with van der Waals surface area (Å²) in [5, 5.41) is 40.7. The molecule has 0 unspecified atom stereocenters. The van der Waals surface area contributed by atoms with Gasteiger partial charge in [0.15, 0.2) is 4.60 Å². The second-order valence-corrected chi connectivity index (χ2v) is 4.79. The summed E-state index contributed by atoms with van der Waals surface area (Å²) >= 11 is 2.80. The smallest absolute Gasteiger partial charge is 0.258 e. The first kappa shape index (κ1) is 20.4. The van der Waals surface area contributed by atoms with Gasteiger partial charge in [-0.2, -0.15) is 4.39 Å². The Morgan fingerprint density at radius 1 is 0.769 bits per heavy atom. The van der Waals surface area contributed by atoms with E-state index in [4.69, 9.17) is 0 Å². The highest BCUT2D eigenvalue weighted by Crippen LogP contribution is 2.25. The van der Waals surface area contributed by atoms with E-state index in [1.165, 1.54) is 0 Å². The van der Waals surface area contributed by atoms with Crippen LogP contribution in [0.25, 0.3) is 0 Å². The molecule has 0 aliphatic carbocycles. The van der Waals surface area contributed by atoms with Crippen LogP contribution in [0.3, 0.4) is 0 Å². The van der Waals surface area contributed by atoms with Gasteiger partial charge < -0.3 is 0 Å². The van der Waals surface area contributed by atoms with Crippen molar-refractivity contribution in [3.05, 3.63) is 75.5 Å². The molecule has 0 spiro atoms. The van der Waals surface area contributed by atoms with Gasteiger partial charge in [-0.1, -0.05) is 0 Å². The molecule has 2 aromatic rings. The van der Waals surface area contributed by atoms with E-state index >= 15 is 0 Å². The first-order valence-corrected chi connectivity index (χ1v) is 6.72. The molecule has 16 heteroatoms. The minimum atomic E-state index is -1.34. The lowest BCUT2D eigenvalue weighted by Gasteiger charge is -1.93. The Balaban J connectivity index is 0.000000260. The van der Waals surface area contributed by atoms with Crippen LogP contribution < -0.4 is 0 Å². The van der Waals surface area contributed by atoms with Crippen LogP contribution in [-0.4, -0.2) is 29.7 Å². The summed E-state index contributed by atoms with van der Waals surface area (Å²) in [6.45, 7) is 0. The highest BCUT2D eigenvalue weighted by Gasteiger charge is 2.20. The third-order valence-corrected chi connectivity index (χ3v) is 3.04. The van der Waals surface area contributed by atoms with Crippen LogP contribution >= 0.6 is 15.9 Å². The van der Waals surface area contributed by atoms with Crippen molar-refractivity contribution < 1.29 is 24.1 Å². The predicted molar refractivity (Wildman–Crippen MR) is 82.7 cm³/mol. The van der Waals surface area contributed by atoms with Gasteiger partial charge in [0.1, 0.15) is 18.5 Å². The van der Waals surface area contributed by atoms with Gasteiger partial charge in [0.05, 0.1) is 25.8 Å². The number of halogens is 2. The fourth-order valence-corrected chi connectivity index (χ4v) is 1.67. The molecule has 0 amide bonds. The van der Waals surface area contributed by atoms with Gasteiger partial charge >= 0.3 is 11.4 Å². The number of nitrogens with zero attached hydrogens (tertiary/aromatic N) is 6. The lowest BCUT2D eigenvalue weighted by Crippen LogP contribution is -1.97. The molecule has 0 saturated carbocycles. The number of hydrogen-bond donors (Lipinski definition) is 0. The third kappa shape index (κ3) is 5.16. The molecule has 0 saturated heterocycles. The van der Waals surface area contributed by atoms with Gasteiger partial charge in [-0.25, -0.2) is 9.97 Å². The highest BCUT2D eigenvalue weighted by atomic mass is 79.9. The average Bonchev–Trinajstić information content (AvgIpc) is 2.55. The fourth-order valence-electron chi connectivity index (χ4n) is 1.31.